The van der Waals surface area contributed by atoms with E-state index in [9.17, 15) is 0 Å². The van der Waals surface area contributed by atoms with Crippen molar-refractivity contribution in [2.45, 2.75) is 31.6 Å². The Morgan fingerprint density at radius 3 is 2.53 bits per heavy atom. The zero-order valence-corrected chi connectivity index (χ0v) is 19.9. The van der Waals surface area contributed by atoms with Gasteiger partial charge in [0.25, 0.3) is 0 Å². The van der Waals surface area contributed by atoms with Crippen LogP contribution in [-0.4, -0.2) is 5.75 Å². The van der Waals surface area contributed by atoms with Crippen LogP contribution in [0.5, 0.6) is 0 Å². The minimum Gasteiger partial charge on any atom is -0.120 e. The van der Waals surface area contributed by atoms with Crippen LogP contribution >= 0.6 is 27.7 Å². The summed E-state index contributed by atoms with van der Waals surface area (Å²) in [6.07, 6.45) is 11.6. The Labute approximate surface area is 192 Å². The maximum Gasteiger partial charge on any atom is 0.0241 e. The molecule has 0 saturated carbocycles. The molecule has 1 aliphatic heterocycles. The molecule has 5 rings (SSSR count). The molecular weight excluding hydrogens is 448 g/mol. The lowest BCUT2D eigenvalue weighted by Gasteiger charge is -2.27. The Hall–Kier alpha value is -2.03. The standard InChI is InChI=1S/C28H25BrS/c1-18-11-16-26-24(23-7-4-5-10-25(23)28(26,2)3)17-30-27-21(18)8-6-9-22(27)19-12-14-20(29)15-13-19/h4,6-9,11-16H,1,5,10,17H2,2-3H3/b16-11-. The second kappa shape index (κ2) is 7.59. The second-order valence-corrected chi connectivity index (χ2v) is 10.6. The van der Waals surface area contributed by atoms with Gasteiger partial charge in [0.1, 0.15) is 0 Å². The predicted octanol–water partition coefficient (Wildman–Crippen LogP) is 8.77. The fraction of sp³-hybridized carbons (Fsp3) is 0.214. The van der Waals surface area contributed by atoms with E-state index in [4.69, 9.17) is 0 Å². The first-order chi connectivity index (χ1) is 14.5. The highest BCUT2D eigenvalue weighted by molar-refractivity contribution is 9.10. The lowest BCUT2D eigenvalue weighted by atomic mass is 9.77. The largest absolute Gasteiger partial charge is 0.120 e. The third kappa shape index (κ3) is 3.21. The minimum atomic E-state index is 0.0951. The molecule has 0 saturated heterocycles. The number of hydrogen-bond acceptors (Lipinski definition) is 1. The highest BCUT2D eigenvalue weighted by atomic mass is 79.9. The van der Waals surface area contributed by atoms with Gasteiger partial charge in [-0.05, 0) is 64.0 Å². The SMILES string of the molecule is C=C1/C=C\C2=C(CSc3c1cccc3-c1ccc(Br)cc1)C1=C(CCC=C1)C2(C)C. The summed E-state index contributed by atoms with van der Waals surface area (Å²) in [7, 11) is 0. The molecule has 0 fully saturated rings. The lowest BCUT2D eigenvalue weighted by Crippen LogP contribution is -2.15. The van der Waals surface area contributed by atoms with E-state index in [0.717, 1.165) is 22.2 Å². The normalized spacial score (nSPS) is 20.8. The molecule has 2 aliphatic carbocycles. The van der Waals surface area contributed by atoms with Crippen LogP contribution in [0.1, 0.15) is 32.3 Å². The molecule has 3 aliphatic rings. The maximum absolute atomic E-state index is 4.44. The van der Waals surface area contributed by atoms with Gasteiger partial charge in [-0.1, -0.05) is 96.6 Å². The summed E-state index contributed by atoms with van der Waals surface area (Å²) in [5.41, 5.74) is 11.0. The Kier molecular flexibility index (Phi) is 5.03. The van der Waals surface area contributed by atoms with Crippen molar-refractivity contribution in [1.82, 2.24) is 0 Å². The molecule has 30 heavy (non-hydrogen) atoms. The number of rotatable bonds is 1. The van der Waals surface area contributed by atoms with Gasteiger partial charge in [-0.15, -0.1) is 11.8 Å². The van der Waals surface area contributed by atoms with Crippen molar-refractivity contribution in [2.24, 2.45) is 5.41 Å². The molecule has 2 aromatic rings. The Morgan fingerprint density at radius 1 is 0.967 bits per heavy atom. The molecule has 0 atom stereocenters. The first kappa shape index (κ1) is 19.9. The van der Waals surface area contributed by atoms with E-state index in [1.807, 2.05) is 11.8 Å². The summed E-state index contributed by atoms with van der Waals surface area (Å²) < 4.78 is 1.11. The van der Waals surface area contributed by atoms with E-state index < -0.39 is 0 Å². The van der Waals surface area contributed by atoms with Gasteiger partial charge >= 0.3 is 0 Å². The number of hydrogen-bond donors (Lipinski definition) is 0. The number of benzene rings is 2. The molecule has 0 unspecified atom stereocenters. The summed E-state index contributed by atoms with van der Waals surface area (Å²) in [6, 6.07) is 15.2. The molecule has 0 bridgehead atoms. The van der Waals surface area contributed by atoms with Gasteiger partial charge in [-0.25, -0.2) is 0 Å². The van der Waals surface area contributed by atoms with E-state index in [1.165, 1.54) is 44.7 Å². The van der Waals surface area contributed by atoms with Crippen LogP contribution in [0.2, 0.25) is 0 Å². The van der Waals surface area contributed by atoms with Crippen molar-refractivity contribution >= 4 is 33.3 Å². The molecule has 0 amide bonds. The average Bonchev–Trinajstić information content (AvgIpc) is 3.00. The van der Waals surface area contributed by atoms with E-state index in [0.29, 0.717) is 0 Å². The van der Waals surface area contributed by atoms with Crippen LogP contribution < -0.4 is 0 Å². The average molecular weight is 473 g/mol. The summed E-state index contributed by atoms with van der Waals surface area (Å²) in [5, 5.41) is 0. The molecule has 0 nitrogen and oxygen atoms in total. The quantitative estimate of drug-likeness (QED) is 0.399. The maximum atomic E-state index is 4.44. The van der Waals surface area contributed by atoms with Crippen molar-refractivity contribution in [3.63, 3.8) is 0 Å². The fourth-order valence-electron chi connectivity index (χ4n) is 4.97. The molecule has 1 heterocycles. The molecular formula is C28H25BrS. The third-order valence-corrected chi connectivity index (χ3v) is 8.27. The summed E-state index contributed by atoms with van der Waals surface area (Å²) >= 11 is 5.52. The molecule has 0 radical (unpaired) electrons. The second-order valence-electron chi connectivity index (χ2n) is 8.69. The van der Waals surface area contributed by atoms with Crippen molar-refractivity contribution in [1.29, 1.82) is 0 Å². The van der Waals surface area contributed by atoms with Gasteiger partial charge in [0.15, 0.2) is 0 Å². The smallest absolute Gasteiger partial charge is 0.0241 e. The fourth-order valence-corrected chi connectivity index (χ4v) is 6.53. The first-order valence-electron chi connectivity index (χ1n) is 10.5. The molecule has 150 valence electrons. The summed E-state index contributed by atoms with van der Waals surface area (Å²) in [5.74, 6) is 0.986. The topological polar surface area (TPSA) is 0 Å². The highest BCUT2D eigenvalue weighted by Crippen LogP contribution is 2.53. The molecule has 0 N–H and O–H groups in total. The predicted molar refractivity (Wildman–Crippen MR) is 135 cm³/mol. The van der Waals surface area contributed by atoms with Crippen LogP contribution in [0, 0.1) is 5.41 Å². The van der Waals surface area contributed by atoms with E-state index in [2.05, 4.69) is 103 Å². The van der Waals surface area contributed by atoms with Gasteiger partial charge < -0.3 is 0 Å². The number of allylic oxidation sites excluding steroid dienone is 8. The third-order valence-electron chi connectivity index (χ3n) is 6.58. The van der Waals surface area contributed by atoms with Crippen molar-refractivity contribution in [3.05, 3.63) is 106 Å². The molecule has 2 aromatic carbocycles. The lowest BCUT2D eigenvalue weighted by molar-refractivity contribution is 0.535. The summed E-state index contributed by atoms with van der Waals surface area (Å²) in [4.78, 5) is 1.33. The van der Waals surface area contributed by atoms with Gasteiger partial charge in [0.05, 0.1) is 0 Å². The van der Waals surface area contributed by atoms with E-state index in [-0.39, 0.29) is 5.41 Å². The van der Waals surface area contributed by atoms with Crippen LogP contribution in [0.4, 0.5) is 0 Å². The first-order valence-corrected chi connectivity index (χ1v) is 12.3. The minimum absolute atomic E-state index is 0.0951. The van der Waals surface area contributed by atoms with Crippen molar-refractivity contribution in [3.8, 4) is 11.1 Å². The van der Waals surface area contributed by atoms with Crippen LogP contribution in [0.15, 0.2) is 105 Å². The molecule has 2 heteroatoms. The molecule has 0 spiro atoms. The van der Waals surface area contributed by atoms with Crippen molar-refractivity contribution < 1.29 is 0 Å². The zero-order chi connectivity index (χ0) is 20.9. The van der Waals surface area contributed by atoms with E-state index >= 15 is 0 Å². The highest BCUT2D eigenvalue weighted by Gasteiger charge is 2.38. The Morgan fingerprint density at radius 2 is 1.73 bits per heavy atom. The van der Waals surface area contributed by atoms with Gasteiger partial charge in [-0.3, -0.25) is 0 Å². The van der Waals surface area contributed by atoms with Crippen LogP contribution in [0.25, 0.3) is 16.7 Å². The van der Waals surface area contributed by atoms with Crippen LogP contribution in [-0.2, 0) is 0 Å². The summed E-state index contributed by atoms with van der Waals surface area (Å²) in [6.45, 7) is 9.22. The van der Waals surface area contributed by atoms with Crippen molar-refractivity contribution in [2.75, 3.05) is 5.75 Å². The molecule has 0 aromatic heterocycles. The van der Waals surface area contributed by atoms with Gasteiger partial charge in [0, 0.05) is 20.5 Å². The Balaban J connectivity index is 1.64. The number of thioether (sulfide) groups is 1. The number of halogens is 1. The van der Waals surface area contributed by atoms with E-state index in [1.54, 1.807) is 5.57 Å². The monoisotopic (exact) mass is 472 g/mol. The zero-order valence-electron chi connectivity index (χ0n) is 17.5. The number of fused-ring (bicyclic) bond motifs is 2. The van der Waals surface area contributed by atoms with Crippen LogP contribution in [0.3, 0.4) is 0 Å². The van der Waals surface area contributed by atoms with Gasteiger partial charge in [-0.2, -0.15) is 0 Å². The Bertz CT molecular complexity index is 1170. The van der Waals surface area contributed by atoms with Gasteiger partial charge in [0.2, 0.25) is 0 Å².